The summed E-state index contributed by atoms with van der Waals surface area (Å²) in [6.07, 6.45) is 2.33. The first-order valence-electron chi connectivity index (χ1n) is 10.1. The fraction of sp³-hybridized carbons (Fsp3) is 0.545. The van der Waals surface area contributed by atoms with Crippen LogP contribution in [0.1, 0.15) is 37.9 Å². The number of nitrogens with zero attached hydrogens (tertiary/aromatic N) is 2. The second kappa shape index (κ2) is 10.1. The fourth-order valence-corrected chi connectivity index (χ4v) is 4.78. The van der Waals surface area contributed by atoms with Gasteiger partial charge in [0.05, 0.1) is 19.9 Å². The third-order valence-corrected chi connectivity index (χ3v) is 6.02. The third kappa shape index (κ3) is 6.18. The molecule has 0 aliphatic carbocycles. The summed E-state index contributed by atoms with van der Waals surface area (Å²) in [6.45, 7) is 7.72. The molecule has 1 aliphatic heterocycles. The van der Waals surface area contributed by atoms with Gasteiger partial charge in [-0.3, -0.25) is 9.69 Å². The Kier molecular flexibility index (Phi) is 7.50. The van der Waals surface area contributed by atoms with Gasteiger partial charge < -0.3 is 14.8 Å². The van der Waals surface area contributed by atoms with Crippen molar-refractivity contribution in [1.82, 2.24) is 9.88 Å². The smallest absolute Gasteiger partial charge is 0.226 e. The molecule has 2 heterocycles. The Morgan fingerprint density at radius 1 is 1.21 bits per heavy atom. The molecule has 29 heavy (non-hydrogen) atoms. The normalized spacial score (nSPS) is 19.7. The molecule has 1 saturated heterocycles. The van der Waals surface area contributed by atoms with Gasteiger partial charge in [0.15, 0.2) is 16.6 Å². The maximum atomic E-state index is 12.3. The number of thiazole rings is 1. The highest BCUT2D eigenvalue weighted by Crippen LogP contribution is 2.28. The van der Waals surface area contributed by atoms with Gasteiger partial charge in [-0.15, -0.1) is 11.3 Å². The first kappa shape index (κ1) is 21.6. The zero-order valence-electron chi connectivity index (χ0n) is 17.7. The Bertz CT molecular complexity index is 813. The summed E-state index contributed by atoms with van der Waals surface area (Å²) in [5.41, 5.74) is 2.07. The van der Waals surface area contributed by atoms with Crippen LogP contribution in [0.25, 0.3) is 0 Å². The van der Waals surface area contributed by atoms with Gasteiger partial charge in [-0.25, -0.2) is 4.98 Å². The van der Waals surface area contributed by atoms with E-state index >= 15 is 0 Å². The number of amides is 1. The predicted molar refractivity (Wildman–Crippen MR) is 117 cm³/mol. The van der Waals surface area contributed by atoms with Gasteiger partial charge in [0.1, 0.15) is 0 Å². The number of rotatable bonds is 8. The highest BCUT2D eigenvalue weighted by atomic mass is 32.1. The lowest BCUT2D eigenvalue weighted by Crippen LogP contribution is -2.38. The van der Waals surface area contributed by atoms with Crippen LogP contribution in [0.15, 0.2) is 23.6 Å². The van der Waals surface area contributed by atoms with Crippen LogP contribution in [0.2, 0.25) is 0 Å². The summed E-state index contributed by atoms with van der Waals surface area (Å²) in [6, 6.07) is 5.73. The van der Waals surface area contributed by atoms with Gasteiger partial charge >= 0.3 is 0 Å². The zero-order valence-corrected chi connectivity index (χ0v) is 18.6. The van der Waals surface area contributed by atoms with Gasteiger partial charge in [0.25, 0.3) is 0 Å². The van der Waals surface area contributed by atoms with E-state index in [0.717, 1.165) is 42.7 Å². The largest absolute Gasteiger partial charge is 0.493 e. The summed E-state index contributed by atoms with van der Waals surface area (Å²) < 4.78 is 10.6. The number of benzene rings is 1. The molecule has 0 bridgehead atoms. The molecule has 2 unspecified atom stereocenters. The van der Waals surface area contributed by atoms with Crippen molar-refractivity contribution in [3.8, 4) is 11.5 Å². The molecule has 158 valence electrons. The number of nitrogens with one attached hydrogen (secondary N) is 1. The van der Waals surface area contributed by atoms with Crippen LogP contribution in [0.4, 0.5) is 5.13 Å². The molecule has 3 rings (SSSR count). The number of ether oxygens (including phenoxy) is 2. The Morgan fingerprint density at radius 2 is 1.93 bits per heavy atom. The fourth-order valence-electron chi connectivity index (χ4n) is 4.06. The molecule has 1 aromatic heterocycles. The van der Waals surface area contributed by atoms with Crippen molar-refractivity contribution in [3.63, 3.8) is 0 Å². The molecule has 7 heteroatoms. The average Bonchev–Trinajstić information content (AvgIpc) is 3.11. The molecule has 1 aliphatic rings. The van der Waals surface area contributed by atoms with E-state index in [0.29, 0.717) is 29.5 Å². The van der Waals surface area contributed by atoms with Crippen LogP contribution in [0, 0.1) is 11.8 Å². The first-order chi connectivity index (χ1) is 14.0. The van der Waals surface area contributed by atoms with Crippen LogP contribution in [0.3, 0.4) is 0 Å². The first-order valence-corrected chi connectivity index (χ1v) is 11.0. The standard InChI is InChI=1S/C22H31N3O3S/c1-15-9-16(2)12-25(11-15)13-18-14-29-22(23-18)24-21(26)8-6-17-5-7-19(27-3)20(10-17)28-4/h5,7,10,14-16H,6,8-9,11-13H2,1-4H3,(H,23,24,26). The highest BCUT2D eigenvalue weighted by molar-refractivity contribution is 7.13. The Morgan fingerprint density at radius 3 is 2.62 bits per heavy atom. The van der Waals surface area contributed by atoms with Gasteiger partial charge in [-0.2, -0.15) is 0 Å². The number of hydrogen-bond donors (Lipinski definition) is 1. The summed E-state index contributed by atoms with van der Waals surface area (Å²) in [7, 11) is 3.22. The molecular weight excluding hydrogens is 386 g/mol. The van der Waals surface area contributed by atoms with Crippen molar-refractivity contribution in [1.29, 1.82) is 0 Å². The van der Waals surface area contributed by atoms with E-state index in [2.05, 4.69) is 29.0 Å². The number of carbonyl (C=O) groups is 1. The minimum Gasteiger partial charge on any atom is -0.493 e. The molecular formula is C22H31N3O3S. The molecule has 0 radical (unpaired) electrons. The number of carbonyl (C=O) groups excluding carboxylic acids is 1. The van der Waals surface area contributed by atoms with Crippen molar-refractivity contribution >= 4 is 22.4 Å². The van der Waals surface area contributed by atoms with Crippen molar-refractivity contribution < 1.29 is 14.3 Å². The molecule has 1 N–H and O–H groups in total. The summed E-state index contributed by atoms with van der Waals surface area (Å²) in [5.74, 6) is 2.80. The number of methoxy groups -OCH3 is 2. The highest BCUT2D eigenvalue weighted by Gasteiger charge is 2.22. The number of hydrogen-bond acceptors (Lipinski definition) is 6. The van der Waals surface area contributed by atoms with E-state index in [9.17, 15) is 4.79 Å². The molecule has 1 aromatic carbocycles. The zero-order chi connectivity index (χ0) is 20.8. The Hall–Kier alpha value is -2.12. The minimum atomic E-state index is -0.0269. The summed E-state index contributed by atoms with van der Waals surface area (Å²) >= 11 is 1.49. The topological polar surface area (TPSA) is 63.7 Å². The van der Waals surface area contributed by atoms with Crippen LogP contribution >= 0.6 is 11.3 Å². The molecule has 1 amide bonds. The third-order valence-electron chi connectivity index (χ3n) is 5.22. The maximum Gasteiger partial charge on any atom is 0.226 e. The van der Waals surface area contributed by atoms with Gasteiger partial charge in [0, 0.05) is 31.4 Å². The Labute approximate surface area is 177 Å². The van der Waals surface area contributed by atoms with Gasteiger partial charge in [-0.1, -0.05) is 19.9 Å². The second-order valence-electron chi connectivity index (χ2n) is 8.02. The Balaban J connectivity index is 1.49. The molecule has 0 spiro atoms. The molecule has 0 saturated carbocycles. The molecule has 2 atom stereocenters. The van der Waals surface area contributed by atoms with E-state index in [1.807, 2.05) is 23.6 Å². The van der Waals surface area contributed by atoms with Crippen LogP contribution in [-0.2, 0) is 17.8 Å². The summed E-state index contributed by atoms with van der Waals surface area (Å²) in [5, 5.41) is 5.66. The second-order valence-corrected chi connectivity index (χ2v) is 8.88. The lowest BCUT2D eigenvalue weighted by molar-refractivity contribution is -0.116. The summed E-state index contributed by atoms with van der Waals surface area (Å²) in [4.78, 5) is 19.4. The predicted octanol–water partition coefficient (Wildman–Crippen LogP) is 4.21. The molecule has 1 fully saturated rings. The van der Waals surface area contributed by atoms with Crippen LogP contribution in [0.5, 0.6) is 11.5 Å². The van der Waals surface area contributed by atoms with Crippen molar-refractivity contribution in [2.75, 3.05) is 32.6 Å². The lowest BCUT2D eigenvalue weighted by atomic mass is 9.92. The van der Waals surface area contributed by atoms with E-state index in [4.69, 9.17) is 9.47 Å². The SMILES string of the molecule is COc1ccc(CCC(=O)Nc2nc(CN3CC(C)CC(C)C3)cs2)cc1OC. The van der Waals surface area contributed by atoms with Crippen LogP contribution in [-0.4, -0.2) is 43.1 Å². The minimum absolute atomic E-state index is 0.0269. The van der Waals surface area contributed by atoms with E-state index in [-0.39, 0.29) is 5.91 Å². The van der Waals surface area contributed by atoms with Crippen LogP contribution < -0.4 is 14.8 Å². The number of likely N-dealkylation sites (tertiary alicyclic amines) is 1. The number of piperidine rings is 1. The van der Waals surface area contributed by atoms with Gasteiger partial charge in [-0.05, 0) is 42.4 Å². The van der Waals surface area contributed by atoms with Gasteiger partial charge in [0.2, 0.25) is 5.91 Å². The lowest BCUT2D eigenvalue weighted by Gasteiger charge is -2.34. The van der Waals surface area contributed by atoms with E-state index in [1.54, 1.807) is 14.2 Å². The molecule has 2 aromatic rings. The van der Waals surface area contributed by atoms with E-state index < -0.39 is 0 Å². The van der Waals surface area contributed by atoms with Crippen molar-refractivity contribution in [2.24, 2.45) is 11.8 Å². The van der Waals surface area contributed by atoms with Crippen molar-refractivity contribution in [3.05, 3.63) is 34.8 Å². The van der Waals surface area contributed by atoms with E-state index in [1.165, 1.54) is 17.8 Å². The monoisotopic (exact) mass is 417 g/mol. The average molecular weight is 418 g/mol. The quantitative estimate of drug-likeness (QED) is 0.697. The van der Waals surface area contributed by atoms with Crippen molar-refractivity contribution in [2.45, 2.75) is 39.7 Å². The maximum absolute atomic E-state index is 12.3. The molecule has 6 nitrogen and oxygen atoms in total. The number of aromatic nitrogens is 1. The number of anilines is 1. The number of aryl methyl sites for hydroxylation is 1.